The first-order valence-corrected chi connectivity index (χ1v) is 6.75. The van der Waals surface area contributed by atoms with Crippen molar-refractivity contribution in [2.45, 2.75) is 25.6 Å². The van der Waals surface area contributed by atoms with Crippen molar-refractivity contribution in [3.05, 3.63) is 28.7 Å². The molecule has 1 N–H and O–H groups in total. The molecule has 18 heavy (non-hydrogen) atoms. The second kappa shape index (κ2) is 5.71. The lowest BCUT2D eigenvalue weighted by molar-refractivity contribution is -0.137. The molecule has 1 amide bonds. The lowest BCUT2D eigenvalue weighted by Gasteiger charge is -2.21. The van der Waals surface area contributed by atoms with E-state index >= 15 is 0 Å². The summed E-state index contributed by atoms with van der Waals surface area (Å²) in [4.78, 5) is 13.7. The van der Waals surface area contributed by atoms with Gasteiger partial charge in [-0.15, -0.1) is 0 Å². The predicted molar refractivity (Wildman–Crippen MR) is 71.4 cm³/mol. The largest absolute Gasteiger partial charge is 0.480 e. The summed E-state index contributed by atoms with van der Waals surface area (Å²) in [7, 11) is 0. The van der Waals surface area contributed by atoms with Crippen LogP contribution >= 0.6 is 15.9 Å². The van der Waals surface area contributed by atoms with Gasteiger partial charge >= 0.3 is 0 Å². The highest BCUT2D eigenvalue weighted by Gasteiger charge is 2.28. The van der Waals surface area contributed by atoms with Gasteiger partial charge in [0.25, 0.3) is 5.91 Å². The summed E-state index contributed by atoms with van der Waals surface area (Å²) in [6.45, 7) is 2.73. The lowest BCUT2D eigenvalue weighted by atomic mass is 10.3. The molecular weight excluding hydrogens is 298 g/mol. The standard InChI is InChI=1S/C13H16BrNO3/c1-9(13(17)15-7-6-10(16)8-15)18-12-5-3-2-4-11(12)14/h2-5,9-10,16H,6-8H2,1H3/t9?,10-/m1/s1. The minimum Gasteiger partial charge on any atom is -0.480 e. The van der Waals surface area contributed by atoms with Gasteiger partial charge in [-0.3, -0.25) is 4.79 Å². The van der Waals surface area contributed by atoms with Gasteiger partial charge in [-0.05, 0) is 41.4 Å². The molecule has 1 aliphatic rings. The van der Waals surface area contributed by atoms with Crippen LogP contribution in [0, 0.1) is 0 Å². The first-order valence-electron chi connectivity index (χ1n) is 5.96. The summed E-state index contributed by atoms with van der Waals surface area (Å²) < 4.78 is 6.46. The van der Waals surface area contributed by atoms with Gasteiger partial charge in [-0.1, -0.05) is 12.1 Å². The van der Waals surface area contributed by atoms with Crippen LogP contribution in [0.15, 0.2) is 28.7 Å². The number of carbonyl (C=O) groups is 1. The lowest BCUT2D eigenvalue weighted by Crippen LogP contribution is -2.39. The number of nitrogens with zero attached hydrogens (tertiary/aromatic N) is 1. The Morgan fingerprint density at radius 2 is 2.28 bits per heavy atom. The molecule has 0 saturated carbocycles. The van der Waals surface area contributed by atoms with Crippen molar-refractivity contribution in [1.82, 2.24) is 4.90 Å². The molecule has 4 nitrogen and oxygen atoms in total. The van der Waals surface area contributed by atoms with E-state index in [1.54, 1.807) is 11.8 Å². The first kappa shape index (κ1) is 13.4. The van der Waals surface area contributed by atoms with E-state index in [2.05, 4.69) is 15.9 Å². The third kappa shape index (κ3) is 3.03. The van der Waals surface area contributed by atoms with E-state index in [9.17, 15) is 9.90 Å². The van der Waals surface area contributed by atoms with Crippen LogP contribution in [-0.4, -0.2) is 41.2 Å². The van der Waals surface area contributed by atoms with Crippen molar-refractivity contribution in [2.24, 2.45) is 0 Å². The Kier molecular flexibility index (Phi) is 4.24. The van der Waals surface area contributed by atoms with E-state index < -0.39 is 12.2 Å². The van der Waals surface area contributed by atoms with E-state index in [0.29, 0.717) is 25.3 Å². The van der Waals surface area contributed by atoms with Gasteiger partial charge < -0.3 is 14.7 Å². The number of β-amino-alcohol motifs (C(OH)–C–C–N with tert-alkyl or cyclic N) is 1. The Balaban J connectivity index is 1.98. The first-order chi connectivity index (χ1) is 8.58. The molecule has 5 heteroatoms. The number of rotatable bonds is 3. The van der Waals surface area contributed by atoms with Crippen LogP contribution in [0.25, 0.3) is 0 Å². The molecule has 0 aliphatic carbocycles. The van der Waals surface area contributed by atoms with Crippen molar-refractivity contribution in [1.29, 1.82) is 0 Å². The fourth-order valence-corrected chi connectivity index (χ4v) is 2.36. The second-order valence-electron chi connectivity index (χ2n) is 4.42. The number of para-hydroxylation sites is 1. The van der Waals surface area contributed by atoms with Gasteiger partial charge in [0.15, 0.2) is 6.10 Å². The SMILES string of the molecule is CC(Oc1ccccc1Br)C(=O)N1CC[C@@H](O)C1. The zero-order chi connectivity index (χ0) is 13.1. The number of aliphatic hydroxyl groups excluding tert-OH is 1. The summed E-state index contributed by atoms with van der Waals surface area (Å²) in [6, 6.07) is 7.43. The molecular formula is C13H16BrNO3. The topological polar surface area (TPSA) is 49.8 Å². The summed E-state index contributed by atoms with van der Waals surface area (Å²) >= 11 is 3.38. The summed E-state index contributed by atoms with van der Waals surface area (Å²) in [5.74, 6) is 0.570. The van der Waals surface area contributed by atoms with E-state index in [0.717, 1.165) is 4.47 Å². The average molecular weight is 314 g/mol. The third-order valence-electron chi connectivity index (χ3n) is 2.96. The molecule has 0 spiro atoms. The maximum absolute atomic E-state index is 12.1. The van der Waals surface area contributed by atoms with Gasteiger partial charge in [-0.2, -0.15) is 0 Å². The molecule has 1 heterocycles. The van der Waals surface area contributed by atoms with Crippen LogP contribution in [0.4, 0.5) is 0 Å². The summed E-state index contributed by atoms with van der Waals surface area (Å²) in [5.41, 5.74) is 0. The minimum absolute atomic E-state index is 0.0812. The van der Waals surface area contributed by atoms with E-state index in [4.69, 9.17) is 4.74 Å². The van der Waals surface area contributed by atoms with E-state index in [1.807, 2.05) is 24.3 Å². The Bertz CT molecular complexity index is 438. The van der Waals surface area contributed by atoms with Crippen LogP contribution in [-0.2, 0) is 4.79 Å². The quantitative estimate of drug-likeness (QED) is 0.926. The average Bonchev–Trinajstić information content (AvgIpc) is 2.78. The zero-order valence-corrected chi connectivity index (χ0v) is 11.8. The van der Waals surface area contributed by atoms with Crippen molar-refractivity contribution < 1.29 is 14.6 Å². The number of hydrogen-bond donors (Lipinski definition) is 1. The van der Waals surface area contributed by atoms with Gasteiger partial charge in [-0.25, -0.2) is 0 Å². The molecule has 98 valence electrons. The van der Waals surface area contributed by atoms with Gasteiger partial charge in [0.05, 0.1) is 10.6 Å². The molecule has 1 aromatic carbocycles. The fraction of sp³-hybridized carbons (Fsp3) is 0.462. The number of amides is 1. The molecule has 1 fully saturated rings. The number of aliphatic hydroxyl groups is 1. The number of carbonyl (C=O) groups excluding carboxylic acids is 1. The van der Waals surface area contributed by atoms with E-state index in [-0.39, 0.29) is 5.91 Å². The minimum atomic E-state index is -0.547. The third-order valence-corrected chi connectivity index (χ3v) is 3.62. The van der Waals surface area contributed by atoms with Crippen molar-refractivity contribution in [2.75, 3.05) is 13.1 Å². The predicted octanol–water partition coefficient (Wildman–Crippen LogP) is 1.81. The van der Waals surface area contributed by atoms with Gasteiger partial charge in [0, 0.05) is 13.1 Å². The van der Waals surface area contributed by atoms with Crippen LogP contribution in [0.2, 0.25) is 0 Å². The normalized spacial score (nSPS) is 20.8. The molecule has 2 rings (SSSR count). The fourth-order valence-electron chi connectivity index (χ4n) is 1.98. The van der Waals surface area contributed by atoms with Crippen LogP contribution < -0.4 is 4.74 Å². The molecule has 0 radical (unpaired) electrons. The number of ether oxygens (including phenoxy) is 1. The highest BCUT2D eigenvalue weighted by molar-refractivity contribution is 9.10. The Morgan fingerprint density at radius 1 is 1.56 bits per heavy atom. The van der Waals surface area contributed by atoms with Crippen molar-refractivity contribution >= 4 is 21.8 Å². The smallest absolute Gasteiger partial charge is 0.263 e. The van der Waals surface area contributed by atoms with Crippen LogP contribution in [0.5, 0.6) is 5.75 Å². The monoisotopic (exact) mass is 313 g/mol. The van der Waals surface area contributed by atoms with Gasteiger partial charge in [0.1, 0.15) is 5.75 Å². The summed E-state index contributed by atoms with van der Waals surface area (Å²) in [5, 5.41) is 9.42. The maximum Gasteiger partial charge on any atom is 0.263 e. The number of likely N-dealkylation sites (tertiary alicyclic amines) is 1. The molecule has 1 aromatic rings. The summed E-state index contributed by atoms with van der Waals surface area (Å²) in [6.07, 6.45) is -0.299. The second-order valence-corrected chi connectivity index (χ2v) is 5.27. The number of benzene rings is 1. The molecule has 1 saturated heterocycles. The highest BCUT2D eigenvalue weighted by atomic mass is 79.9. The van der Waals surface area contributed by atoms with Crippen LogP contribution in [0.3, 0.4) is 0 Å². The van der Waals surface area contributed by atoms with Crippen molar-refractivity contribution in [3.8, 4) is 5.75 Å². The van der Waals surface area contributed by atoms with Crippen molar-refractivity contribution in [3.63, 3.8) is 0 Å². The Hall–Kier alpha value is -1.07. The van der Waals surface area contributed by atoms with E-state index in [1.165, 1.54) is 0 Å². The molecule has 2 atom stereocenters. The highest BCUT2D eigenvalue weighted by Crippen LogP contribution is 2.25. The zero-order valence-electron chi connectivity index (χ0n) is 10.2. The maximum atomic E-state index is 12.1. The molecule has 0 aromatic heterocycles. The number of hydrogen-bond acceptors (Lipinski definition) is 3. The Morgan fingerprint density at radius 3 is 2.89 bits per heavy atom. The number of halogens is 1. The Labute approximate surface area is 115 Å². The molecule has 0 bridgehead atoms. The van der Waals surface area contributed by atoms with Crippen LogP contribution in [0.1, 0.15) is 13.3 Å². The molecule has 1 aliphatic heterocycles. The van der Waals surface area contributed by atoms with Gasteiger partial charge in [0.2, 0.25) is 0 Å². The molecule has 1 unspecified atom stereocenters.